The van der Waals surface area contributed by atoms with Crippen LogP contribution in [-0.4, -0.2) is 32.9 Å². The zero-order chi connectivity index (χ0) is 28.9. The van der Waals surface area contributed by atoms with Gasteiger partial charge in [0.2, 0.25) is 0 Å². The van der Waals surface area contributed by atoms with Crippen LogP contribution < -0.4 is 4.90 Å². The predicted octanol–water partition coefficient (Wildman–Crippen LogP) is 8.52. The number of thiazole rings is 1. The molecule has 0 aliphatic carbocycles. The van der Waals surface area contributed by atoms with E-state index in [4.69, 9.17) is 26.3 Å². The largest absolute Gasteiger partial charge is 0.360 e. The van der Waals surface area contributed by atoms with E-state index in [-0.39, 0.29) is 5.78 Å². The van der Waals surface area contributed by atoms with Crippen LogP contribution in [0.1, 0.15) is 50.5 Å². The summed E-state index contributed by atoms with van der Waals surface area (Å²) in [4.78, 5) is 29.3. The Hall–Kier alpha value is -3.65. The zero-order valence-corrected chi connectivity index (χ0v) is 25.3. The number of benzene rings is 2. The third kappa shape index (κ3) is 5.37. The van der Waals surface area contributed by atoms with Crippen LogP contribution in [0, 0.1) is 6.92 Å². The predicted molar refractivity (Wildman–Crippen MR) is 167 cm³/mol. The first-order valence-corrected chi connectivity index (χ1v) is 14.8. The molecule has 6 nitrogen and oxygen atoms in total. The summed E-state index contributed by atoms with van der Waals surface area (Å²) in [5, 5.41) is 1.54. The van der Waals surface area contributed by atoms with E-state index in [0.717, 1.165) is 67.5 Å². The van der Waals surface area contributed by atoms with Crippen molar-refractivity contribution in [2.75, 3.05) is 11.4 Å². The first kappa shape index (κ1) is 27.5. The molecule has 0 spiro atoms. The number of halogens is 1. The normalized spacial score (nSPS) is 14.0. The molecule has 0 saturated heterocycles. The molecule has 1 aliphatic heterocycles. The maximum atomic E-state index is 13.1. The smallest absolute Gasteiger partial charge is 0.163 e. The maximum Gasteiger partial charge on any atom is 0.163 e. The second kappa shape index (κ2) is 10.6. The van der Waals surface area contributed by atoms with Gasteiger partial charge in [-0.1, -0.05) is 23.7 Å². The van der Waals surface area contributed by atoms with Gasteiger partial charge in [0.05, 0.1) is 15.8 Å². The molecule has 0 saturated carbocycles. The fourth-order valence-corrected chi connectivity index (χ4v) is 6.69. The Kier molecular flexibility index (Phi) is 7.14. The number of hydrogen-bond acceptors (Lipinski definition) is 7. The lowest BCUT2D eigenvalue weighted by Gasteiger charge is -2.29. The van der Waals surface area contributed by atoms with Crippen molar-refractivity contribution >= 4 is 50.4 Å². The average molecular weight is 583 g/mol. The number of carbonyl (C=O) groups is 1. The summed E-state index contributed by atoms with van der Waals surface area (Å²) < 4.78 is 7.39. The summed E-state index contributed by atoms with van der Waals surface area (Å²) in [5.74, 6) is 0.846. The molecule has 6 rings (SSSR count). The monoisotopic (exact) mass is 582 g/mol. The van der Waals surface area contributed by atoms with Crippen LogP contribution in [-0.2, 0) is 16.0 Å². The van der Waals surface area contributed by atoms with Crippen molar-refractivity contribution in [3.8, 4) is 21.7 Å². The number of rotatable bonds is 6. The zero-order valence-electron chi connectivity index (χ0n) is 23.7. The van der Waals surface area contributed by atoms with Crippen molar-refractivity contribution in [3.63, 3.8) is 0 Å². The quantitative estimate of drug-likeness (QED) is 0.200. The molecule has 0 unspecified atom stereocenters. The van der Waals surface area contributed by atoms with Crippen LogP contribution in [0.3, 0.4) is 0 Å². The molecule has 0 fully saturated rings. The van der Waals surface area contributed by atoms with Crippen molar-refractivity contribution in [2.24, 2.45) is 0 Å². The molecule has 0 bridgehead atoms. The number of aryl methyl sites for hydroxylation is 1. The minimum absolute atomic E-state index is 0.0396. The van der Waals surface area contributed by atoms with Gasteiger partial charge in [-0.2, -0.15) is 0 Å². The summed E-state index contributed by atoms with van der Waals surface area (Å²) in [6.45, 7) is 10.4. The minimum Gasteiger partial charge on any atom is -0.360 e. The van der Waals surface area contributed by atoms with Crippen LogP contribution in [0.25, 0.3) is 31.9 Å². The van der Waals surface area contributed by atoms with E-state index in [1.54, 1.807) is 18.3 Å². The van der Waals surface area contributed by atoms with E-state index < -0.39 is 11.7 Å². The van der Waals surface area contributed by atoms with Crippen molar-refractivity contribution in [1.82, 2.24) is 15.0 Å². The summed E-state index contributed by atoms with van der Waals surface area (Å²) in [5.41, 5.74) is 7.50. The van der Waals surface area contributed by atoms with Crippen LogP contribution in [0.15, 0.2) is 67.1 Å². The fraction of sp³-hybridized carbons (Fsp3) is 0.273. The Morgan fingerprint density at radius 3 is 2.59 bits per heavy atom. The number of ether oxygens (including phenoxy) is 1. The summed E-state index contributed by atoms with van der Waals surface area (Å²) in [6, 6.07) is 16.0. The van der Waals surface area contributed by atoms with E-state index in [1.807, 2.05) is 82.7 Å². The van der Waals surface area contributed by atoms with Crippen molar-refractivity contribution in [1.29, 1.82) is 0 Å². The van der Waals surface area contributed by atoms with Crippen LogP contribution in [0.5, 0.6) is 0 Å². The van der Waals surface area contributed by atoms with Gasteiger partial charge in [0.15, 0.2) is 5.78 Å². The van der Waals surface area contributed by atoms with Gasteiger partial charge in [-0.05, 0) is 94.1 Å². The van der Waals surface area contributed by atoms with Gasteiger partial charge >= 0.3 is 0 Å². The summed E-state index contributed by atoms with van der Waals surface area (Å²) >= 11 is 7.89. The van der Waals surface area contributed by atoms with Crippen molar-refractivity contribution < 1.29 is 9.53 Å². The van der Waals surface area contributed by atoms with E-state index in [0.29, 0.717) is 5.02 Å². The number of hydrogen-bond donors (Lipinski definition) is 0. The third-order valence-electron chi connectivity index (χ3n) is 7.21. The Bertz CT molecular complexity index is 1780. The Balaban J connectivity index is 1.52. The fourth-order valence-electron chi connectivity index (χ4n) is 5.44. The molecule has 0 radical (unpaired) electrons. The standard InChI is InChI=1S/C33H31ClN4O2S/c1-19-16-25-31(29(21-6-8-24(34)9-7-21)28(19)30(20(2)39)40-33(3,4)5)41-32(37-25)22-10-14-36-27(17-22)38-15-12-23-18-35-13-11-26(23)38/h6-11,13-14,16-18,30H,12,15H2,1-5H3/t30-/m1/s1. The third-order valence-corrected chi connectivity index (χ3v) is 8.60. The molecule has 0 N–H and O–H groups in total. The average Bonchev–Trinajstić information content (AvgIpc) is 3.56. The number of anilines is 2. The Morgan fingerprint density at radius 1 is 1.07 bits per heavy atom. The number of pyridine rings is 2. The number of carbonyl (C=O) groups excluding carboxylic acids is 1. The molecule has 4 heterocycles. The van der Waals surface area contributed by atoms with Gasteiger partial charge in [0.1, 0.15) is 16.9 Å². The van der Waals surface area contributed by atoms with Gasteiger partial charge in [-0.25, -0.2) is 9.97 Å². The van der Waals surface area contributed by atoms with E-state index in [2.05, 4.69) is 22.0 Å². The van der Waals surface area contributed by atoms with Gasteiger partial charge < -0.3 is 9.64 Å². The molecule has 1 atom stereocenters. The first-order valence-electron chi connectivity index (χ1n) is 13.6. The lowest BCUT2D eigenvalue weighted by Crippen LogP contribution is -2.27. The van der Waals surface area contributed by atoms with Crippen LogP contribution in [0.4, 0.5) is 11.5 Å². The number of nitrogens with zero attached hydrogens (tertiary/aromatic N) is 4. The van der Waals surface area contributed by atoms with E-state index in [9.17, 15) is 4.79 Å². The van der Waals surface area contributed by atoms with Crippen LogP contribution >= 0.6 is 22.9 Å². The van der Waals surface area contributed by atoms with E-state index in [1.165, 1.54) is 5.56 Å². The number of Topliss-reactive ketones (excluding diaryl/α,β-unsaturated/α-hetero) is 1. The van der Waals surface area contributed by atoms with Crippen LogP contribution in [0.2, 0.25) is 5.02 Å². The first-order chi connectivity index (χ1) is 19.6. The molecule has 0 amide bonds. The summed E-state index contributed by atoms with van der Waals surface area (Å²) in [6.07, 6.45) is 5.83. The van der Waals surface area contributed by atoms with E-state index >= 15 is 0 Å². The maximum absolute atomic E-state index is 13.1. The summed E-state index contributed by atoms with van der Waals surface area (Å²) in [7, 11) is 0. The molecule has 208 valence electrons. The highest BCUT2D eigenvalue weighted by molar-refractivity contribution is 7.22. The molecule has 8 heteroatoms. The lowest BCUT2D eigenvalue weighted by atomic mass is 9.90. The number of ketones is 1. The number of fused-ring (bicyclic) bond motifs is 2. The SMILES string of the molecule is CC(=O)[C@@H](OC(C)(C)C)c1c(C)cc2nc(-c3ccnc(N4CCc5cnccc54)c3)sc2c1-c1ccc(Cl)cc1. The molecule has 5 aromatic rings. The highest BCUT2D eigenvalue weighted by atomic mass is 35.5. The molecule has 1 aliphatic rings. The lowest BCUT2D eigenvalue weighted by molar-refractivity contribution is -0.138. The Morgan fingerprint density at radius 2 is 1.85 bits per heavy atom. The minimum atomic E-state index is -0.715. The molecular formula is C33H31ClN4O2S. The van der Waals surface area contributed by atoms with Gasteiger partial charge in [-0.3, -0.25) is 9.78 Å². The highest BCUT2D eigenvalue weighted by Crippen LogP contribution is 2.45. The molecule has 2 aromatic carbocycles. The van der Waals surface area contributed by atoms with Gasteiger partial charge in [-0.15, -0.1) is 11.3 Å². The Labute approximate surface area is 249 Å². The second-order valence-electron chi connectivity index (χ2n) is 11.4. The molecular weight excluding hydrogens is 552 g/mol. The van der Waals surface area contributed by atoms with Crippen molar-refractivity contribution in [2.45, 2.75) is 52.7 Å². The topological polar surface area (TPSA) is 68.2 Å². The van der Waals surface area contributed by atoms with Crippen molar-refractivity contribution in [3.05, 3.63) is 88.8 Å². The number of aromatic nitrogens is 3. The molecule has 41 heavy (non-hydrogen) atoms. The van der Waals surface area contributed by atoms with Gasteiger partial charge in [0, 0.05) is 52.5 Å². The molecule has 3 aromatic heterocycles. The second-order valence-corrected chi connectivity index (χ2v) is 12.8. The highest BCUT2D eigenvalue weighted by Gasteiger charge is 2.30. The van der Waals surface area contributed by atoms with Gasteiger partial charge in [0.25, 0.3) is 0 Å².